The molecule has 0 spiro atoms. The molecule has 1 heterocycles. The average Bonchev–Trinajstić information content (AvgIpc) is 2.89. The van der Waals surface area contributed by atoms with Crippen molar-refractivity contribution in [1.82, 2.24) is 4.98 Å². The Balaban J connectivity index is 2.48. The number of methoxy groups -OCH3 is 1. The molecule has 0 saturated heterocycles. The third kappa shape index (κ3) is 2.89. The maximum atomic E-state index is 12.3. The quantitative estimate of drug-likeness (QED) is 0.650. The molecule has 1 aromatic heterocycles. The summed E-state index contributed by atoms with van der Waals surface area (Å²) in [5, 5.41) is 1.83. The van der Waals surface area contributed by atoms with Crippen molar-refractivity contribution in [3.05, 3.63) is 35.3 Å². The van der Waals surface area contributed by atoms with Crippen LogP contribution in [-0.4, -0.2) is 26.5 Å². The fraction of sp³-hybridized carbons (Fsp3) is 0.0909. The van der Waals surface area contributed by atoms with Crippen LogP contribution in [-0.2, 0) is 14.8 Å². The molecule has 0 saturated carbocycles. The van der Waals surface area contributed by atoms with Crippen LogP contribution in [0.3, 0.4) is 0 Å². The molecule has 1 aromatic carbocycles. The number of rotatable bonds is 4. The third-order valence-corrected chi connectivity index (χ3v) is 4.57. The standard InChI is InChI=1S/C11H11N3O4S2/c1-18-10(15)8-6-7(12)2-3-9(8)20(16,17)14-11-13-4-5-19-11/h2-6H,12H2,1H3,(H,13,14). The zero-order chi connectivity index (χ0) is 14.8. The molecule has 0 unspecified atom stereocenters. The van der Waals surface area contributed by atoms with E-state index in [1.165, 1.54) is 24.4 Å². The van der Waals surface area contributed by atoms with Crippen LogP contribution in [0, 0.1) is 0 Å². The molecule has 0 amide bonds. The van der Waals surface area contributed by atoms with Gasteiger partial charge in [0.1, 0.15) is 4.90 Å². The number of anilines is 2. The van der Waals surface area contributed by atoms with Crippen molar-refractivity contribution in [2.24, 2.45) is 0 Å². The van der Waals surface area contributed by atoms with Gasteiger partial charge >= 0.3 is 5.97 Å². The van der Waals surface area contributed by atoms with Crippen LogP contribution in [0.25, 0.3) is 0 Å². The van der Waals surface area contributed by atoms with Gasteiger partial charge in [0, 0.05) is 17.3 Å². The second-order valence-electron chi connectivity index (χ2n) is 3.69. The predicted molar refractivity (Wildman–Crippen MR) is 75.1 cm³/mol. The average molecular weight is 313 g/mol. The van der Waals surface area contributed by atoms with Crippen molar-refractivity contribution in [2.45, 2.75) is 4.90 Å². The zero-order valence-electron chi connectivity index (χ0n) is 10.4. The van der Waals surface area contributed by atoms with Crippen molar-refractivity contribution < 1.29 is 17.9 Å². The minimum absolute atomic E-state index is 0.128. The van der Waals surface area contributed by atoms with Crippen LogP contribution in [0.4, 0.5) is 10.8 Å². The molecule has 2 rings (SSSR count). The summed E-state index contributed by atoms with van der Waals surface area (Å²) < 4.78 is 31.4. The Morgan fingerprint density at radius 2 is 2.20 bits per heavy atom. The number of hydrogen-bond donors (Lipinski definition) is 2. The molecular formula is C11H11N3O4S2. The number of carbonyl (C=O) groups excluding carboxylic acids is 1. The number of carbonyl (C=O) groups is 1. The van der Waals surface area contributed by atoms with Crippen molar-refractivity contribution in [3.8, 4) is 0 Å². The van der Waals surface area contributed by atoms with Gasteiger partial charge in [-0.3, -0.25) is 4.72 Å². The number of benzene rings is 1. The van der Waals surface area contributed by atoms with Crippen LogP contribution in [0.2, 0.25) is 0 Å². The van der Waals surface area contributed by atoms with E-state index in [1.807, 2.05) is 0 Å². The van der Waals surface area contributed by atoms with E-state index in [1.54, 1.807) is 5.38 Å². The van der Waals surface area contributed by atoms with Crippen LogP contribution >= 0.6 is 11.3 Å². The smallest absolute Gasteiger partial charge is 0.339 e. The van der Waals surface area contributed by atoms with Crippen LogP contribution in [0.1, 0.15) is 10.4 Å². The number of thiazole rings is 1. The van der Waals surface area contributed by atoms with Gasteiger partial charge in [0.15, 0.2) is 5.13 Å². The number of ether oxygens (including phenoxy) is 1. The molecule has 0 aliphatic rings. The minimum Gasteiger partial charge on any atom is -0.465 e. The maximum Gasteiger partial charge on any atom is 0.339 e. The van der Waals surface area contributed by atoms with Gasteiger partial charge in [-0.2, -0.15) is 0 Å². The van der Waals surface area contributed by atoms with Crippen LogP contribution in [0.15, 0.2) is 34.7 Å². The van der Waals surface area contributed by atoms with Crippen molar-refractivity contribution >= 4 is 38.1 Å². The number of nitrogens with two attached hydrogens (primary N) is 1. The summed E-state index contributed by atoms with van der Waals surface area (Å²) >= 11 is 1.13. The summed E-state index contributed by atoms with van der Waals surface area (Å²) in [6, 6.07) is 3.89. The van der Waals surface area contributed by atoms with Gasteiger partial charge in [-0.1, -0.05) is 0 Å². The first kappa shape index (κ1) is 14.3. The Hall–Kier alpha value is -2.13. The molecule has 9 heteroatoms. The van der Waals surface area contributed by atoms with E-state index in [2.05, 4.69) is 14.4 Å². The van der Waals surface area contributed by atoms with Crippen LogP contribution in [0.5, 0.6) is 0 Å². The topological polar surface area (TPSA) is 111 Å². The normalized spacial score (nSPS) is 11.1. The second-order valence-corrected chi connectivity index (χ2v) is 6.24. The number of nitrogen functional groups attached to an aromatic ring is 1. The molecule has 3 N–H and O–H groups in total. The fourth-order valence-electron chi connectivity index (χ4n) is 1.50. The lowest BCUT2D eigenvalue weighted by Crippen LogP contribution is -2.17. The highest BCUT2D eigenvalue weighted by Gasteiger charge is 2.24. The number of sulfonamides is 1. The number of aromatic nitrogens is 1. The molecule has 106 valence electrons. The van der Waals surface area contributed by atoms with Crippen molar-refractivity contribution in [2.75, 3.05) is 17.6 Å². The van der Waals surface area contributed by atoms with Gasteiger partial charge in [0.05, 0.1) is 12.7 Å². The molecule has 0 bridgehead atoms. The summed E-state index contributed by atoms with van der Waals surface area (Å²) in [6.07, 6.45) is 1.46. The lowest BCUT2D eigenvalue weighted by atomic mass is 10.2. The predicted octanol–water partition coefficient (Wildman–Crippen LogP) is 1.31. The highest BCUT2D eigenvalue weighted by atomic mass is 32.2. The highest BCUT2D eigenvalue weighted by Crippen LogP contribution is 2.23. The summed E-state index contributed by atoms with van der Waals surface area (Å²) in [4.78, 5) is 15.3. The number of esters is 1. The van der Waals surface area contributed by atoms with Gasteiger partial charge in [-0.25, -0.2) is 18.2 Å². The fourth-order valence-corrected chi connectivity index (χ4v) is 3.46. The van der Waals surface area contributed by atoms with E-state index in [-0.39, 0.29) is 21.3 Å². The monoisotopic (exact) mass is 313 g/mol. The first-order chi connectivity index (χ1) is 9.44. The van der Waals surface area contributed by atoms with Gasteiger partial charge in [0.2, 0.25) is 0 Å². The Morgan fingerprint density at radius 3 is 2.80 bits per heavy atom. The Labute approximate surface area is 119 Å². The largest absolute Gasteiger partial charge is 0.465 e. The molecule has 0 aliphatic carbocycles. The molecule has 0 aliphatic heterocycles. The zero-order valence-corrected chi connectivity index (χ0v) is 12.0. The number of nitrogens with zero attached hydrogens (tertiary/aromatic N) is 1. The SMILES string of the molecule is COC(=O)c1cc(N)ccc1S(=O)(=O)Nc1nccs1. The first-order valence-corrected chi connectivity index (χ1v) is 7.70. The highest BCUT2D eigenvalue weighted by molar-refractivity contribution is 7.93. The third-order valence-electron chi connectivity index (χ3n) is 2.35. The van der Waals surface area contributed by atoms with E-state index in [0.717, 1.165) is 18.4 Å². The molecule has 0 radical (unpaired) electrons. The van der Waals surface area contributed by atoms with E-state index in [9.17, 15) is 13.2 Å². The summed E-state index contributed by atoms with van der Waals surface area (Å²) in [7, 11) is -2.78. The first-order valence-electron chi connectivity index (χ1n) is 5.34. The molecule has 20 heavy (non-hydrogen) atoms. The summed E-state index contributed by atoms with van der Waals surface area (Å²) in [6.45, 7) is 0. The Morgan fingerprint density at radius 1 is 1.45 bits per heavy atom. The molecule has 7 nitrogen and oxygen atoms in total. The number of nitrogens with one attached hydrogen (secondary N) is 1. The molecule has 0 fully saturated rings. The van der Waals surface area contributed by atoms with Gasteiger partial charge in [-0.15, -0.1) is 11.3 Å². The van der Waals surface area contributed by atoms with Gasteiger partial charge in [-0.05, 0) is 18.2 Å². The summed E-state index contributed by atoms with van der Waals surface area (Å²) in [5.41, 5.74) is 5.70. The van der Waals surface area contributed by atoms with E-state index in [0.29, 0.717) is 0 Å². The minimum atomic E-state index is -3.94. The number of hydrogen-bond acceptors (Lipinski definition) is 7. The van der Waals surface area contributed by atoms with E-state index in [4.69, 9.17) is 5.73 Å². The lowest BCUT2D eigenvalue weighted by Gasteiger charge is -2.10. The van der Waals surface area contributed by atoms with Crippen LogP contribution < -0.4 is 10.5 Å². The summed E-state index contributed by atoms with van der Waals surface area (Å²) in [5.74, 6) is -0.781. The maximum absolute atomic E-state index is 12.3. The van der Waals surface area contributed by atoms with Gasteiger partial charge in [0.25, 0.3) is 10.0 Å². The molecule has 2 aromatic rings. The van der Waals surface area contributed by atoms with Crippen molar-refractivity contribution in [1.29, 1.82) is 0 Å². The lowest BCUT2D eigenvalue weighted by molar-refractivity contribution is 0.0596. The molecule has 0 atom stereocenters. The second kappa shape index (κ2) is 5.47. The van der Waals surface area contributed by atoms with E-state index < -0.39 is 16.0 Å². The Kier molecular flexibility index (Phi) is 3.91. The Bertz CT molecular complexity index is 726. The molecular weight excluding hydrogens is 302 g/mol. The van der Waals surface area contributed by atoms with E-state index >= 15 is 0 Å². The van der Waals surface area contributed by atoms with Gasteiger partial charge < -0.3 is 10.5 Å². The van der Waals surface area contributed by atoms with Crippen molar-refractivity contribution in [3.63, 3.8) is 0 Å².